The normalized spacial score (nSPS) is 12.0. The summed E-state index contributed by atoms with van der Waals surface area (Å²) >= 11 is 1.47. The van der Waals surface area contributed by atoms with E-state index >= 15 is 0 Å². The summed E-state index contributed by atoms with van der Waals surface area (Å²) in [5.74, 6) is 1.16. The largest absolute Gasteiger partial charge is 0.388 e. The summed E-state index contributed by atoms with van der Waals surface area (Å²) in [5, 5.41) is 19.9. The molecule has 2 aromatic heterocycles. The summed E-state index contributed by atoms with van der Waals surface area (Å²) < 4.78 is 1.98. The maximum absolute atomic E-state index is 10.5. The van der Waals surface area contributed by atoms with Crippen LogP contribution in [0.25, 0.3) is 17.2 Å². The number of hydrogen-bond acceptors (Lipinski definition) is 5. The average Bonchev–Trinajstić information content (AvgIpc) is 3.18. The third kappa shape index (κ3) is 3.92. The Hall–Kier alpha value is -2.96. The van der Waals surface area contributed by atoms with Crippen LogP contribution in [0.15, 0.2) is 90.2 Å². The molecule has 0 fully saturated rings. The number of pyridine rings is 1. The van der Waals surface area contributed by atoms with Crippen molar-refractivity contribution in [1.29, 1.82) is 0 Å². The number of nitrogens with zero attached hydrogens (tertiary/aromatic N) is 4. The summed E-state index contributed by atoms with van der Waals surface area (Å²) in [6.45, 7) is 0. The predicted octanol–water partition coefficient (Wildman–Crippen LogP) is 4.16. The average molecular weight is 374 g/mol. The monoisotopic (exact) mass is 374 g/mol. The van der Waals surface area contributed by atoms with Gasteiger partial charge in [0.05, 0.1) is 6.10 Å². The standard InChI is InChI=1S/C21H18N4OS/c26-19(16-9-3-1-4-10-16)15-27-21-24-23-20(18-13-7-8-14-22-18)25(21)17-11-5-2-6-12-17/h1-14,19,26H,15H2/t19-/m0/s1. The molecule has 134 valence electrons. The summed E-state index contributed by atoms with van der Waals surface area (Å²) in [6.07, 6.45) is 1.17. The fraction of sp³-hybridized carbons (Fsp3) is 0.0952. The Bertz CT molecular complexity index is 991. The third-order valence-corrected chi connectivity index (χ3v) is 5.10. The fourth-order valence-electron chi connectivity index (χ4n) is 2.76. The minimum absolute atomic E-state index is 0.483. The second-order valence-corrected chi connectivity index (χ2v) is 6.92. The van der Waals surface area contributed by atoms with Crippen LogP contribution < -0.4 is 0 Å². The van der Waals surface area contributed by atoms with Crippen molar-refractivity contribution in [1.82, 2.24) is 19.7 Å². The lowest BCUT2D eigenvalue weighted by molar-refractivity contribution is 0.204. The molecule has 0 saturated heterocycles. The van der Waals surface area contributed by atoms with Gasteiger partial charge in [-0.15, -0.1) is 10.2 Å². The molecule has 5 nitrogen and oxygen atoms in total. The zero-order valence-corrected chi connectivity index (χ0v) is 15.3. The molecule has 0 saturated carbocycles. The zero-order chi connectivity index (χ0) is 18.5. The third-order valence-electron chi connectivity index (χ3n) is 4.10. The molecule has 0 amide bonds. The molecule has 0 bridgehead atoms. The van der Waals surface area contributed by atoms with Gasteiger partial charge in [0.1, 0.15) is 5.69 Å². The first kappa shape index (κ1) is 17.5. The highest BCUT2D eigenvalue weighted by Crippen LogP contribution is 2.29. The van der Waals surface area contributed by atoms with Gasteiger partial charge >= 0.3 is 0 Å². The maximum Gasteiger partial charge on any atom is 0.196 e. The maximum atomic E-state index is 10.5. The van der Waals surface area contributed by atoms with E-state index in [1.165, 1.54) is 11.8 Å². The van der Waals surface area contributed by atoms with Crippen molar-refractivity contribution in [2.75, 3.05) is 5.75 Å². The lowest BCUT2D eigenvalue weighted by Crippen LogP contribution is -2.04. The highest BCUT2D eigenvalue weighted by molar-refractivity contribution is 7.99. The van der Waals surface area contributed by atoms with E-state index in [1.54, 1.807) is 6.20 Å². The number of aromatic nitrogens is 4. The Kier molecular flexibility index (Phi) is 5.27. The molecule has 0 aliphatic heterocycles. The molecular formula is C21H18N4OS. The first-order chi connectivity index (χ1) is 13.3. The quantitative estimate of drug-likeness (QED) is 0.514. The molecule has 0 radical (unpaired) electrons. The molecule has 27 heavy (non-hydrogen) atoms. The van der Waals surface area contributed by atoms with Crippen molar-refractivity contribution in [2.24, 2.45) is 0 Å². The van der Waals surface area contributed by atoms with Crippen molar-refractivity contribution >= 4 is 11.8 Å². The van der Waals surface area contributed by atoms with E-state index in [0.717, 1.165) is 22.1 Å². The number of thioether (sulfide) groups is 1. The number of para-hydroxylation sites is 1. The van der Waals surface area contributed by atoms with Gasteiger partial charge in [-0.3, -0.25) is 9.55 Å². The minimum atomic E-state index is -0.574. The number of hydrogen-bond donors (Lipinski definition) is 1. The van der Waals surface area contributed by atoms with Crippen molar-refractivity contribution in [3.63, 3.8) is 0 Å². The molecule has 0 aliphatic rings. The van der Waals surface area contributed by atoms with E-state index < -0.39 is 6.10 Å². The van der Waals surface area contributed by atoms with Gasteiger partial charge in [-0.1, -0.05) is 66.4 Å². The van der Waals surface area contributed by atoms with Crippen LogP contribution in [0.3, 0.4) is 0 Å². The van der Waals surface area contributed by atoms with Gasteiger partial charge in [0.15, 0.2) is 11.0 Å². The molecule has 1 N–H and O–H groups in total. The Morgan fingerprint density at radius 3 is 2.26 bits per heavy atom. The first-order valence-electron chi connectivity index (χ1n) is 8.61. The Morgan fingerprint density at radius 1 is 0.852 bits per heavy atom. The van der Waals surface area contributed by atoms with Gasteiger partial charge in [0, 0.05) is 17.6 Å². The van der Waals surface area contributed by atoms with Crippen LogP contribution in [-0.4, -0.2) is 30.6 Å². The molecule has 0 aliphatic carbocycles. The molecule has 2 heterocycles. The lowest BCUT2D eigenvalue weighted by Gasteiger charge is -2.12. The van der Waals surface area contributed by atoms with Gasteiger partial charge in [0.25, 0.3) is 0 Å². The fourth-order valence-corrected chi connectivity index (χ4v) is 3.68. The zero-order valence-electron chi connectivity index (χ0n) is 14.5. The van der Waals surface area contributed by atoms with E-state index in [4.69, 9.17) is 0 Å². The summed E-state index contributed by atoms with van der Waals surface area (Å²) in [4.78, 5) is 4.41. The van der Waals surface area contributed by atoms with E-state index in [0.29, 0.717) is 11.6 Å². The van der Waals surface area contributed by atoms with E-state index in [9.17, 15) is 5.11 Å². The number of aliphatic hydroxyl groups excluding tert-OH is 1. The second-order valence-electron chi connectivity index (χ2n) is 5.93. The Labute approximate surface area is 161 Å². The Morgan fingerprint density at radius 2 is 1.56 bits per heavy atom. The molecule has 2 aromatic carbocycles. The number of benzene rings is 2. The van der Waals surface area contributed by atoms with E-state index in [-0.39, 0.29) is 0 Å². The molecule has 0 unspecified atom stereocenters. The van der Waals surface area contributed by atoms with Crippen molar-refractivity contribution in [2.45, 2.75) is 11.3 Å². The SMILES string of the molecule is O[C@@H](CSc1nnc(-c2ccccn2)n1-c1ccccc1)c1ccccc1. The summed E-state index contributed by atoms with van der Waals surface area (Å²) in [5.41, 5.74) is 2.60. The summed E-state index contributed by atoms with van der Waals surface area (Å²) in [7, 11) is 0. The van der Waals surface area contributed by atoms with Crippen molar-refractivity contribution in [3.8, 4) is 17.2 Å². The van der Waals surface area contributed by atoms with Gasteiger partial charge < -0.3 is 5.11 Å². The lowest BCUT2D eigenvalue weighted by atomic mass is 10.1. The molecule has 6 heteroatoms. The van der Waals surface area contributed by atoms with Gasteiger partial charge in [0.2, 0.25) is 0 Å². The number of aliphatic hydroxyl groups is 1. The smallest absolute Gasteiger partial charge is 0.196 e. The van der Waals surface area contributed by atoms with Crippen molar-refractivity contribution < 1.29 is 5.11 Å². The van der Waals surface area contributed by atoms with Crippen LogP contribution in [0.2, 0.25) is 0 Å². The molecular weight excluding hydrogens is 356 g/mol. The van der Waals surface area contributed by atoms with Crippen molar-refractivity contribution in [3.05, 3.63) is 90.6 Å². The van der Waals surface area contributed by atoms with Crippen LogP contribution in [0, 0.1) is 0 Å². The van der Waals surface area contributed by atoms with Crippen LogP contribution in [0.5, 0.6) is 0 Å². The second kappa shape index (κ2) is 8.16. The van der Waals surface area contributed by atoms with Crippen LogP contribution in [0.4, 0.5) is 0 Å². The van der Waals surface area contributed by atoms with Gasteiger partial charge in [-0.05, 0) is 29.8 Å². The van der Waals surface area contributed by atoms with Gasteiger partial charge in [-0.2, -0.15) is 0 Å². The first-order valence-corrected chi connectivity index (χ1v) is 9.59. The van der Waals surface area contributed by atoms with E-state index in [1.807, 2.05) is 83.4 Å². The molecule has 1 atom stereocenters. The highest BCUT2D eigenvalue weighted by Gasteiger charge is 2.18. The molecule has 4 rings (SSSR count). The minimum Gasteiger partial charge on any atom is -0.388 e. The summed E-state index contributed by atoms with van der Waals surface area (Å²) in [6, 6.07) is 25.3. The van der Waals surface area contributed by atoms with Crippen LogP contribution in [-0.2, 0) is 0 Å². The van der Waals surface area contributed by atoms with E-state index in [2.05, 4.69) is 15.2 Å². The topological polar surface area (TPSA) is 63.8 Å². The highest BCUT2D eigenvalue weighted by atomic mass is 32.2. The number of rotatable bonds is 6. The van der Waals surface area contributed by atoms with Crippen LogP contribution in [0.1, 0.15) is 11.7 Å². The predicted molar refractivity (Wildman–Crippen MR) is 107 cm³/mol. The van der Waals surface area contributed by atoms with Gasteiger partial charge in [-0.25, -0.2) is 0 Å². The molecule has 0 spiro atoms. The Balaban J connectivity index is 1.66. The molecule has 4 aromatic rings. The van der Waals surface area contributed by atoms with Crippen LogP contribution >= 0.6 is 11.8 Å².